The first-order valence-electron chi connectivity index (χ1n) is 26.7. The third kappa shape index (κ3) is 13.1. The van der Waals surface area contributed by atoms with Crippen molar-refractivity contribution in [3.05, 3.63) is 120 Å². The van der Waals surface area contributed by atoms with E-state index in [9.17, 15) is 28.8 Å². The van der Waals surface area contributed by atoms with Crippen molar-refractivity contribution >= 4 is 76.1 Å². The molecule has 79 heavy (non-hydrogen) atoms. The van der Waals surface area contributed by atoms with Gasteiger partial charge >= 0.3 is 0 Å². The predicted molar refractivity (Wildman–Crippen MR) is 300 cm³/mol. The summed E-state index contributed by atoms with van der Waals surface area (Å²) in [6, 6.07) is 20.6. The molecule has 0 radical (unpaired) electrons. The number of nitrogens with zero attached hydrogens (tertiary/aromatic N) is 6. The number of amides is 6. The minimum Gasteiger partial charge on any atom is -0.497 e. The molecule has 0 spiro atoms. The van der Waals surface area contributed by atoms with Gasteiger partial charge < -0.3 is 49.0 Å². The highest BCUT2D eigenvalue weighted by Crippen LogP contribution is 2.42. The summed E-state index contributed by atoms with van der Waals surface area (Å²) in [5.74, 6) is 0.806. The molecule has 1 unspecified atom stereocenters. The molecular weight excluding hydrogens is 1010 g/mol. The maximum Gasteiger partial charge on any atom is 0.260 e. The average molecular weight is 1080 g/mol. The molecular formula is C60H66N8O11. The third-order valence-electron chi connectivity index (χ3n) is 14.4. The largest absolute Gasteiger partial charge is 0.497 e. The number of methoxy groups -OCH3 is 3. The van der Waals surface area contributed by atoms with Gasteiger partial charge in [-0.05, 0) is 111 Å². The number of carbonyl (C=O) groups excluding carboxylic acids is 6. The van der Waals surface area contributed by atoms with Crippen LogP contribution >= 0.6 is 0 Å². The lowest BCUT2D eigenvalue weighted by atomic mass is 10.0. The molecule has 4 aromatic carbocycles. The Morgan fingerprint density at radius 3 is 1.71 bits per heavy atom. The predicted octanol–water partition coefficient (Wildman–Crippen LogP) is 8.14. The smallest absolute Gasteiger partial charge is 0.260 e. The molecule has 3 atom stereocenters. The number of fused-ring (bicyclic) bond motifs is 4. The summed E-state index contributed by atoms with van der Waals surface area (Å²) in [7, 11) is 8.65. The standard InChI is InChI=1S/C60H66N8O11/c1-65(2)24-10-8-12-48(64-55(69)13-7-6-9-25-66-56(70)22-23-57(66)71)58(72)63-42-18-14-38(15-19-42)40-28-43-34-61-49-32-53(51(76-4)30-46(49)59(73)67(43)36-40)78-26-11-27-79-54-33-50-47(31-52(54)77-5)60(74)68-37-41(29-44(68)35-62-50)39-16-20-45(75-3)21-17-39/h14-23,30-37,43-44,48H,6-13,24-29H2,1-5H3,(H,63,72)(H,64,69)/t43-,44-,48?/m0/s1. The molecule has 5 heterocycles. The van der Waals surface area contributed by atoms with Crippen LogP contribution in [0, 0.1) is 0 Å². The molecule has 6 amide bonds. The lowest BCUT2D eigenvalue weighted by Crippen LogP contribution is -2.43. The number of hydrogen-bond acceptors (Lipinski definition) is 14. The van der Waals surface area contributed by atoms with Crippen molar-refractivity contribution in [3.63, 3.8) is 0 Å². The van der Waals surface area contributed by atoms with Gasteiger partial charge in [-0.1, -0.05) is 30.7 Å². The van der Waals surface area contributed by atoms with Gasteiger partial charge in [0, 0.05) is 87.0 Å². The quantitative estimate of drug-likeness (QED) is 0.0476. The fourth-order valence-electron chi connectivity index (χ4n) is 10.1. The van der Waals surface area contributed by atoms with Crippen LogP contribution in [0.25, 0.3) is 11.1 Å². The summed E-state index contributed by atoms with van der Waals surface area (Å²) in [4.78, 5) is 94.5. The fraction of sp³-hybridized carbons (Fsp3) is 0.367. The summed E-state index contributed by atoms with van der Waals surface area (Å²) in [5, 5.41) is 5.91. The van der Waals surface area contributed by atoms with Crippen LogP contribution in [0.1, 0.15) is 96.1 Å². The van der Waals surface area contributed by atoms with Crippen LogP contribution in [0.15, 0.2) is 107 Å². The van der Waals surface area contributed by atoms with Crippen LogP contribution in [-0.2, 0) is 19.2 Å². The molecule has 19 nitrogen and oxygen atoms in total. The molecule has 5 aliphatic rings. The van der Waals surface area contributed by atoms with Gasteiger partial charge in [-0.3, -0.25) is 43.7 Å². The fourth-order valence-corrected chi connectivity index (χ4v) is 10.1. The van der Waals surface area contributed by atoms with Gasteiger partial charge in [-0.25, -0.2) is 0 Å². The van der Waals surface area contributed by atoms with Gasteiger partial charge in [0.1, 0.15) is 11.8 Å². The Kier molecular flexibility index (Phi) is 17.6. The second-order valence-corrected chi connectivity index (χ2v) is 20.1. The Morgan fingerprint density at radius 1 is 0.646 bits per heavy atom. The molecule has 0 aromatic heterocycles. The van der Waals surface area contributed by atoms with Crippen molar-refractivity contribution in [2.24, 2.45) is 9.98 Å². The number of aliphatic imine (C=N–C) groups is 2. The third-order valence-corrected chi connectivity index (χ3v) is 14.4. The molecule has 9 rings (SSSR count). The molecule has 0 saturated carbocycles. The van der Waals surface area contributed by atoms with Gasteiger partial charge in [-0.2, -0.15) is 0 Å². The van der Waals surface area contributed by atoms with E-state index in [2.05, 4.69) is 15.5 Å². The lowest BCUT2D eigenvalue weighted by molar-refractivity contribution is -0.137. The maximum absolute atomic E-state index is 14.2. The number of benzene rings is 4. The lowest BCUT2D eigenvalue weighted by Gasteiger charge is -2.19. The minimum absolute atomic E-state index is 0.180. The number of nitrogens with one attached hydrogen (secondary N) is 2. The van der Waals surface area contributed by atoms with Crippen LogP contribution in [0.4, 0.5) is 17.1 Å². The van der Waals surface area contributed by atoms with Crippen LogP contribution in [0.3, 0.4) is 0 Å². The van der Waals surface area contributed by atoms with Crippen LogP contribution in [-0.4, -0.2) is 147 Å². The van der Waals surface area contributed by atoms with Crippen molar-refractivity contribution in [3.8, 4) is 28.7 Å². The van der Waals surface area contributed by atoms with E-state index in [1.165, 1.54) is 31.3 Å². The Labute approximate surface area is 459 Å². The van der Waals surface area contributed by atoms with Gasteiger partial charge in [0.15, 0.2) is 23.0 Å². The van der Waals surface area contributed by atoms with E-state index in [-0.39, 0.29) is 67.2 Å². The van der Waals surface area contributed by atoms with Crippen LogP contribution in [0.5, 0.6) is 28.7 Å². The van der Waals surface area contributed by atoms with Crippen molar-refractivity contribution in [2.75, 3.05) is 67.0 Å². The number of carbonyl (C=O) groups is 6. The van der Waals surface area contributed by atoms with E-state index in [1.807, 2.05) is 75.0 Å². The highest BCUT2D eigenvalue weighted by molar-refractivity contribution is 6.13. The minimum atomic E-state index is -0.736. The molecule has 4 aromatic rings. The van der Waals surface area contributed by atoms with Gasteiger partial charge in [-0.15, -0.1) is 0 Å². The molecule has 0 aliphatic carbocycles. The number of rotatable bonds is 25. The Balaban J connectivity index is 0.767. The monoisotopic (exact) mass is 1070 g/mol. The zero-order chi connectivity index (χ0) is 55.6. The number of ether oxygens (including phenoxy) is 5. The van der Waals surface area contributed by atoms with Crippen molar-refractivity contribution < 1.29 is 52.5 Å². The van der Waals surface area contributed by atoms with E-state index in [0.717, 1.165) is 47.4 Å². The average Bonchev–Trinajstić information content (AvgIpc) is 4.36. The Hall–Kier alpha value is -8.58. The van der Waals surface area contributed by atoms with E-state index >= 15 is 0 Å². The zero-order valence-electron chi connectivity index (χ0n) is 45.2. The van der Waals surface area contributed by atoms with E-state index < -0.39 is 6.04 Å². The van der Waals surface area contributed by atoms with Crippen molar-refractivity contribution in [2.45, 2.75) is 82.3 Å². The highest BCUT2D eigenvalue weighted by atomic mass is 16.5. The second kappa shape index (κ2) is 25.3. The van der Waals surface area contributed by atoms with Gasteiger partial charge in [0.25, 0.3) is 23.6 Å². The first kappa shape index (κ1) is 55.2. The van der Waals surface area contributed by atoms with Crippen molar-refractivity contribution in [1.29, 1.82) is 0 Å². The molecule has 0 bridgehead atoms. The summed E-state index contributed by atoms with van der Waals surface area (Å²) in [6.07, 6.45) is 15.5. The Morgan fingerprint density at radius 2 is 1.19 bits per heavy atom. The van der Waals surface area contributed by atoms with E-state index in [0.29, 0.717) is 103 Å². The second-order valence-electron chi connectivity index (χ2n) is 20.1. The topological polar surface area (TPSA) is 210 Å². The molecule has 412 valence electrons. The van der Waals surface area contributed by atoms with Crippen LogP contribution < -0.4 is 34.3 Å². The summed E-state index contributed by atoms with van der Waals surface area (Å²) in [5.41, 5.74) is 6.13. The summed E-state index contributed by atoms with van der Waals surface area (Å²) >= 11 is 0. The Bertz CT molecular complexity index is 3110. The summed E-state index contributed by atoms with van der Waals surface area (Å²) in [6.45, 7) is 1.68. The van der Waals surface area contributed by atoms with E-state index in [1.54, 1.807) is 53.6 Å². The molecule has 5 aliphatic heterocycles. The zero-order valence-corrected chi connectivity index (χ0v) is 45.2. The first-order chi connectivity index (χ1) is 38.3. The SMILES string of the molecule is COc1ccc(C2=CN3C(=O)c4cc(OC)c(OCCCOc5cc6c(cc5OC)C(=O)N5C=C(c7ccc(NC(=O)C(CCCCN(C)C)NC(=O)CCCCCN8C(=O)C=CC8=O)cc7)C[C@H]5C=N6)cc4N=C[C@@H]3C2)cc1. The molecule has 19 heteroatoms. The first-order valence-corrected chi connectivity index (χ1v) is 26.7. The number of imide groups is 1. The normalized spacial score (nSPS) is 17.4. The van der Waals surface area contributed by atoms with Gasteiger partial charge in [0.2, 0.25) is 11.8 Å². The summed E-state index contributed by atoms with van der Waals surface area (Å²) < 4.78 is 29.0. The number of anilines is 1. The molecule has 0 fully saturated rings. The van der Waals surface area contributed by atoms with E-state index in [4.69, 9.17) is 33.7 Å². The maximum atomic E-state index is 14.2. The van der Waals surface area contributed by atoms with Gasteiger partial charge in [0.05, 0.1) is 69.1 Å². The number of hydrogen-bond donors (Lipinski definition) is 2. The van der Waals surface area contributed by atoms with Crippen molar-refractivity contribution in [1.82, 2.24) is 24.9 Å². The van der Waals surface area contributed by atoms with Crippen LogP contribution in [0.2, 0.25) is 0 Å². The molecule has 2 N–H and O–H groups in total. The highest BCUT2D eigenvalue weighted by Gasteiger charge is 2.35. The molecule has 0 saturated heterocycles. The number of unbranched alkanes of at least 4 members (excludes halogenated alkanes) is 3.